The molecule has 1 fully saturated rings. The van der Waals surface area contributed by atoms with E-state index in [2.05, 4.69) is 15.3 Å². The van der Waals surface area contributed by atoms with Crippen LogP contribution >= 0.6 is 23.1 Å². The molecule has 0 bridgehead atoms. The van der Waals surface area contributed by atoms with Crippen LogP contribution in [-0.4, -0.2) is 39.2 Å². The van der Waals surface area contributed by atoms with Gasteiger partial charge in [0.05, 0.1) is 10.2 Å². The maximum Gasteiger partial charge on any atom is 0.242 e. The molecule has 29 heavy (non-hydrogen) atoms. The van der Waals surface area contributed by atoms with Crippen LogP contribution in [0, 0.1) is 13.8 Å². The molecule has 0 radical (unpaired) electrons. The van der Waals surface area contributed by atoms with Crippen LogP contribution in [0.3, 0.4) is 0 Å². The standard InChI is InChI=1S/C21H20N4O2S2/c1-12-8-9-13(2)15(10-12)22-18(26)11-17-19(27)25(3)21(29-17)24-20-23-14-6-4-5-7-16(14)28-20/h4-10,17H,11H2,1-3H3,(H,22,26). The third-order valence-electron chi connectivity index (χ3n) is 4.65. The number of para-hydroxylation sites is 1. The highest BCUT2D eigenvalue weighted by Crippen LogP contribution is 2.33. The van der Waals surface area contributed by atoms with Crippen LogP contribution < -0.4 is 5.32 Å². The summed E-state index contributed by atoms with van der Waals surface area (Å²) in [5.41, 5.74) is 3.73. The Hall–Kier alpha value is -2.71. The number of nitrogens with zero attached hydrogens (tertiary/aromatic N) is 3. The quantitative estimate of drug-likeness (QED) is 0.669. The smallest absolute Gasteiger partial charge is 0.242 e. The molecule has 2 amide bonds. The number of hydrogen-bond acceptors (Lipinski definition) is 6. The third kappa shape index (κ3) is 4.18. The molecule has 1 aliphatic rings. The molecule has 2 heterocycles. The van der Waals surface area contributed by atoms with E-state index in [0.717, 1.165) is 27.0 Å². The van der Waals surface area contributed by atoms with Gasteiger partial charge in [-0.3, -0.25) is 14.5 Å². The zero-order valence-corrected chi connectivity index (χ0v) is 17.9. The van der Waals surface area contributed by atoms with Gasteiger partial charge in [0.1, 0.15) is 5.25 Å². The largest absolute Gasteiger partial charge is 0.326 e. The minimum atomic E-state index is -0.488. The first-order valence-corrected chi connectivity index (χ1v) is 10.9. The molecule has 1 atom stereocenters. The Kier molecular flexibility index (Phi) is 5.38. The van der Waals surface area contributed by atoms with Crippen molar-refractivity contribution in [2.24, 2.45) is 4.99 Å². The summed E-state index contributed by atoms with van der Waals surface area (Å²) in [6, 6.07) is 13.7. The number of amidine groups is 1. The molecule has 6 nitrogen and oxygen atoms in total. The molecule has 1 N–H and O–H groups in total. The SMILES string of the molecule is Cc1ccc(C)c(NC(=O)CC2SC(=Nc3nc4ccccc4s3)N(C)C2=O)c1. The van der Waals surface area contributed by atoms with Gasteiger partial charge in [0.2, 0.25) is 16.9 Å². The molecule has 1 aromatic heterocycles. The lowest BCUT2D eigenvalue weighted by Crippen LogP contribution is -2.30. The van der Waals surface area contributed by atoms with Crippen molar-refractivity contribution >= 4 is 61.1 Å². The summed E-state index contributed by atoms with van der Waals surface area (Å²) >= 11 is 2.79. The van der Waals surface area contributed by atoms with Crippen LogP contribution in [0.4, 0.5) is 10.8 Å². The number of thiazole rings is 1. The van der Waals surface area contributed by atoms with Gasteiger partial charge in [0, 0.05) is 19.2 Å². The Labute approximate surface area is 177 Å². The van der Waals surface area contributed by atoms with Crippen LogP contribution in [0.1, 0.15) is 17.5 Å². The summed E-state index contributed by atoms with van der Waals surface area (Å²) < 4.78 is 1.05. The van der Waals surface area contributed by atoms with Gasteiger partial charge in [-0.1, -0.05) is 47.4 Å². The second-order valence-corrected chi connectivity index (χ2v) is 9.11. The molecule has 0 saturated carbocycles. The lowest BCUT2D eigenvalue weighted by molar-refractivity contribution is -0.127. The zero-order chi connectivity index (χ0) is 20.5. The van der Waals surface area contributed by atoms with Gasteiger partial charge in [0.25, 0.3) is 0 Å². The topological polar surface area (TPSA) is 74.7 Å². The number of aliphatic imine (C=N–C) groups is 1. The first-order chi connectivity index (χ1) is 13.9. The highest BCUT2D eigenvalue weighted by Gasteiger charge is 2.37. The van der Waals surface area contributed by atoms with Crippen LogP contribution in [0.25, 0.3) is 10.2 Å². The second-order valence-electron chi connectivity index (χ2n) is 6.93. The average molecular weight is 425 g/mol. The number of anilines is 1. The maximum absolute atomic E-state index is 12.6. The number of hydrogen-bond donors (Lipinski definition) is 1. The number of nitrogens with one attached hydrogen (secondary N) is 1. The van der Waals surface area contributed by atoms with Crippen LogP contribution in [0.5, 0.6) is 0 Å². The van der Waals surface area contributed by atoms with Gasteiger partial charge in [-0.05, 0) is 43.2 Å². The van der Waals surface area contributed by atoms with Crippen molar-refractivity contribution in [1.82, 2.24) is 9.88 Å². The molecule has 0 spiro atoms. The van der Waals surface area contributed by atoms with Gasteiger partial charge in [-0.15, -0.1) is 0 Å². The number of benzene rings is 2. The Morgan fingerprint density at radius 1 is 1.24 bits per heavy atom. The predicted molar refractivity (Wildman–Crippen MR) is 120 cm³/mol. The van der Waals surface area contributed by atoms with E-state index in [4.69, 9.17) is 0 Å². The monoisotopic (exact) mass is 424 g/mol. The highest BCUT2D eigenvalue weighted by atomic mass is 32.2. The average Bonchev–Trinajstić information content (AvgIpc) is 3.21. The summed E-state index contributed by atoms with van der Waals surface area (Å²) in [5, 5.41) is 3.61. The van der Waals surface area contributed by atoms with Gasteiger partial charge in [-0.2, -0.15) is 4.99 Å². The Balaban J connectivity index is 1.47. The molecule has 1 saturated heterocycles. The fourth-order valence-corrected chi connectivity index (χ4v) is 5.06. The van der Waals surface area contributed by atoms with Crippen LogP contribution in [-0.2, 0) is 9.59 Å². The zero-order valence-electron chi connectivity index (χ0n) is 16.3. The first kappa shape index (κ1) is 19.6. The number of carbonyl (C=O) groups excluding carboxylic acids is 2. The van der Waals surface area contributed by atoms with E-state index in [-0.39, 0.29) is 18.2 Å². The van der Waals surface area contributed by atoms with Gasteiger partial charge < -0.3 is 5.32 Å². The van der Waals surface area contributed by atoms with Crippen molar-refractivity contribution < 1.29 is 9.59 Å². The summed E-state index contributed by atoms with van der Waals surface area (Å²) in [7, 11) is 1.68. The number of thioether (sulfide) groups is 1. The van der Waals surface area contributed by atoms with E-state index in [1.807, 2.05) is 56.3 Å². The van der Waals surface area contributed by atoms with E-state index < -0.39 is 5.25 Å². The minimum absolute atomic E-state index is 0.0973. The lowest BCUT2D eigenvalue weighted by Gasteiger charge is -2.11. The summed E-state index contributed by atoms with van der Waals surface area (Å²) in [6.07, 6.45) is 0.0973. The number of rotatable bonds is 4. The number of aromatic nitrogens is 1. The van der Waals surface area contributed by atoms with Crippen LogP contribution in [0.2, 0.25) is 0 Å². The molecule has 3 aromatic rings. The number of carbonyl (C=O) groups is 2. The normalized spacial score (nSPS) is 18.0. The number of amides is 2. The molecule has 4 rings (SSSR count). The van der Waals surface area contributed by atoms with Gasteiger partial charge in [-0.25, -0.2) is 4.98 Å². The highest BCUT2D eigenvalue weighted by molar-refractivity contribution is 8.15. The third-order valence-corrected chi connectivity index (χ3v) is 6.81. The number of aryl methyl sites for hydroxylation is 2. The van der Waals surface area contributed by atoms with Crippen LogP contribution in [0.15, 0.2) is 47.5 Å². The summed E-state index contributed by atoms with van der Waals surface area (Å²) in [5.74, 6) is -0.301. The Morgan fingerprint density at radius 2 is 2.03 bits per heavy atom. The lowest BCUT2D eigenvalue weighted by atomic mass is 10.1. The van der Waals surface area contributed by atoms with E-state index in [1.165, 1.54) is 28.0 Å². The van der Waals surface area contributed by atoms with E-state index in [0.29, 0.717) is 10.3 Å². The molecular weight excluding hydrogens is 404 g/mol. The molecule has 8 heteroatoms. The van der Waals surface area contributed by atoms with Crippen molar-refractivity contribution in [3.05, 3.63) is 53.6 Å². The summed E-state index contributed by atoms with van der Waals surface area (Å²) in [4.78, 5) is 35.7. The fourth-order valence-electron chi connectivity index (χ4n) is 3.03. The van der Waals surface area contributed by atoms with Crippen molar-refractivity contribution in [1.29, 1.82) is 0 Å². The fraction of sp³-hybridized carbons (Fsp3) is 0.238. The second kappa shape index (κ2) is 7.96. The molecule has 148 valence electrons. The van der Waals surface area contributed by atoms with Gasteiger partial charge in [0.15, 0.2) is 5.17 Å². The first-order valence-electron chi connectivity index (χ1n) is 9.16. The molecule has 1 aliphatic heterocycles. The maximum atomic E-state index is 12.6. The van der Waals surface area contributed by atoms with Crippen molar-refractivity contribution in [2.45, 2.75) is 25.5 Å². The molecule has 0 aliphatic carbocycles. The van der Waals surface area contributed by atoms with Crippen molar-refractivity contribution in [3.63, 3.8) is 0 Å². The Morgan fingerprint density at radius 3 is 2.83 bits per heavy atom. The Bertz CT molecular complexity index is 1110. The van der Waals surface area contributed by atoms with Crippen molar-refractivity contribution in [2.75, 3.05) is 12.4 Å². The molecule has 1 unspecified atom stereocenters. The molecule has 2 aromatic carbocycles. The van der Waals surface area contributed by atoms with Crippen molar-refractivity contribution in [3.8, 4) is 0 Å². The van der Waals surface area contributed by atoms with Gasteiger partial charge >= 0.3 is 0 Å². The summed E-state index contributed by atoms with van der Waals surface area (Å²) in [6.45, 7) is 3.92. The minimum Gasteiger partial charge on any atom is -0.326 e. The van der Waals surface area contributed by atoms with E-state index in [1.54, 1.807) is 7.05 Å². The predicted octanol–water partition coefficient (Wildman–Crippen LogP) is 4.50. The van der Waals surface area contributed by atoms with E-state index >= 15 is 0 Å². The number of fused-ring (bicyclic) bond motifs is 1. The molecular formula is C21H20N4O2S2. The van der Waals surface area contributed by atoms with E-state index in [9.17, 15) is 9.59 Å².